The number of aryl methyl sites for hydroxylation is 2. The van der Waals surface area contributed by atoms with Gasteiger partial charge in [0.1, 0.15) is 11.3 Å². The Labute approximate surface area is 195 Å². The fraction of sp³-hybridized carbons (Fsp3) is 0.280. The van der Waals surface area contributed by atoms with Crippen LogP contribution in [0.2, 0.25) is 0 Å². The molecule has 3 rings (SSSR count). The van der Waals surface area contributed by atoms with Gasteiger partial charge >= 0.3 is 5.63 Å². The van der Waals surface area contributed by atoms with E-state index in [1.54, 1.807) is 19.1 Å². The van der Waals surface area contributed by atoms with Crippen molar-refractivity contribution in [3.8, 4) is 5.75 Å². The maximum absolute atomic E-state index is 12.7. The van der Waals surface area contributed by atoms with Gasteiger partial charge < -0.3 is 29.7 Å². The van der Waals surface area contributed by atoms with E-state index in [1.807, 2.05) is 37.3 Å². The van der Waals surface area contributed by atoms with E-state index in [9.17, 15) is 24.3 Å². The summed E-state index contributed by atoms with van der Waals surface area (Å²) in [5.41, 5.74) is 2.92. The molecule has 0 aliphatic rings. The van der Waals surface area contributed by atoms with E-state index in [0.29, 0.717) is 28.9 Å². The van der Waals surface area contributed by atoms with Crippen LogP contribution in [0.15, 0.2) is 51.7 Å². The molecule has 0 unspecified atom stereocenters. The standard InChI is InChI=1S/C25H26N2O7/c1-14-18-9-10-20(33-16(3)24(31)27-12-21(28)26-13-22(29)30)15(2)23(18)34-25(32)19(14)11-17-7-5-4-6-8-17/h4-10,16H,11-13H2,1-3H3,(H,26,28)(H,27,31)(H,29,30)/p-1/t16-/m1/s1. The Morgan fingerprint density at radius 1 is 1.00 bits per heavy atom. The maximum Gasteiger partial charge on any atom is 0.340 e. The third kappa shape index (κ3) is 5.80. The number of ether oxygens (including phenoxy) is 1. The van der Waals surface area contributed by atoms with Crippen molar-refractivity contribution < 1.29 is 28.6 Å². The Hall–Kier alpha value is -4.14. The minimum absolute atomic E-state index is 0.356. The molecule has 178 valence electrons. The number of carboxylic acid groups (broad SMARTS) is 1. The Bertz CT molecular complexity index is 1280. The zero-order chi connectivity index (χ0) is 24.8. The third-order valence-electron chi connectivity index (χ3n) is 5.40. The Kier molecular flexibility index (Phi) is 7.68. The summed E-state index contributed by atoms with van der Waals surface area (Å²) in [4.78, 5) is 46.9. The normalized spacial score (nSPS) is 11.6. The van der Waals surface area contributed by atoms with Crippen LogP contribution in [-0.4, -0.2) is 37.0 Å². The summed E-state index contributed by atoms with van der Waals surface area (Å²) in [6, 6.07) is 13.1. The van der Waals surface area contributed by atoms with E-state index < -0.39 is 42.6 Å². The number of carbonyl (C=O) groups is 3. The quantitative estimate of drug-likeness (QED) is 0.445. The molecule has 2 N–H and O–H groups in total. The van der Waals surface area contributed by atoms with E-state index in [2.05, 4.69) is 10.6 Å². The lowest BCUT2D eigenvalue weighted by Gasteiger charge is -2.17. The number of rotatable bonds is 9. The molecular weight excluding hydrogens is 440 g/mol. The van der Waals surface area contributed by atoms with Crippen molar-refractivity contribution in [2.45, 2.75) is 33.3 Å². The van der Waals surface area contributed by atoms with Gasteiger partial charge in [0.05, 0.1) is 19.1 Å². The van der Waals surface area contributed by atoms with E-state index >= 15 is 0 Å². The van der Waals surface area contributed by atoms with E-state index in [0.717, 1.165) is 16.5 Å². The lowest BCUT2D eigenvalue weighted by atomic mass is 9.98. The molecule has 0 bridgehead atoms. The second kappa shape index (κ2) is 10.7. The van der Waals surface area contributed by atoms with Gasteiger partial charge in [0.15, 0.2) is 6.10 Å². The Balaban J connectivity index is 1.75. The first kappa shape index (κ1) is 24.5. The summed E-state index contributed by atoms with van der Waals surface area (Å²) in [7, 11) is 0. The first-order valence-corrected chi connectivity index (χ1v) is 10.7. The van der Waals surface area contributed by atoms with Crippen LogP contribution in [-0.2, 0) is 20.8 Å². The van der Waals surface area contributed by atoms with Crippen LogP contribution in [0.3, 0.4) is 0 Å². The number of aliphatic carboxylic acids is 1. The first-order valence-electron chi connectivity index (χ1n) is 10.7. The molecule has 1 atom stereocenters. The molecule has 1 aromatic heterocycles. The van der Waals surface area contributed by atoms with Crippen molar-refractivity contribution in [2.75, 3.05) is 13.1 Å². The van der Waals surface area contributed by atoms with Gasteiger partial charge in [-0.25, -0.2) is 4.79 Å². The van der Waals surface area contributed by atoms with Gasteiger partial charge in [-0.15, -0.1) is 0 Å². The average molecular weight is 465 g/mol. The first-order chi connectivity index (χ1) is 16.2. The minimum atomic E-state index is -1.43. The summed E-state index contributed by atoms with van der Waals surface area (Å²) in [6.07, 6.45) is -0.508. The zero-order valence-electron chi connectivity index (χ0n) is 19.1. The molecule has 0 radical (unpaired) electrons. The molecule has 0 aliphatic carbocycles. The van der Waals surface area contributed by atoms with Crippen molar-refractivity contribution >= 4 is 28.8 Å². The van der Waals surface area contributed by atoms with Crippen molar-refractivity contribution in [2.24, 2.45) is 0 Å². The van der Waals surface area contributed by atoms with E-state index in [4.69, 9.17) is 9.15 Å². The molecular formula is C25H25N2O7-. The number of nitrogens with one attached hydrogen (secondary N) is 2. The second-order valence-electron chi connectivity index (χ2n) is 7.85. The maximum atomic E-state index is 12.7. The number of fused-ring (bicyclic) bond motifs is 1. The van der Waals surface area contributed by atoms with Gasteiger partial charge in [-0.2, -0.15) is 0 Å². The van der Waals surface area contributed by atoms with Crippen LogP contribution in [0.5, 0.6) is 5.75 Å². The molecule has 2 aromatic carbocycles. The van der Waals surface area contributed by atoms with Crippen LogP contribution in [0.4, 0.5) is 0 Å². The predicted octanol–water partition coefficient (Wildman–Crippen LogP) is 0.750. The minimum Gasteiger partial charge on any atom is -0.548 e. The van der Waals surface area contributed by atoms with Crippen molar-refractivity contribution in [3.63, 3.8) is 0 Å². The van der Waals surface area contributed by atoms with Crippen LogP contribution >= 0.6 is 0 Å². The number of benzene rings is 2. The van der Waals surface area contributed by atoms with Crippen molar-refractivity contribution in [1.29, 1.82) is 0 Å². The molecule has 0 saturated heterocycles. The molecule has 9 nitrogen and oxygen atoms in total. The highest BCUT2D eigenvalue weighted by molar-refractivity contribution is 5.89. The summed E-state index contributed by atoms with van der Waals surface area (Å²) in [6.45, 7) is 4.06. The molecule has 0 fully saturated rings. The summed E-state index contributed by atoms with van der Waals surface area (Å²) in [5, 5.41) is 15.6. The summed E-state index contributed by atoms with van der Waals surface area (Å²) in [5.74, 6) is -2.32. The highest BCUT2D eigenvalue weighted by atomic mass is 16.5. The monoisotopic (exact) mass is 465 g/mol. The lowest BCUT2D eigenvalue weighted by Crippen LogP contribution is -2.45. The number of carboxylic acids is 1. The van der Waals surface area contributed by atoms with Gasteiger partial charge in [-0.3, -0.25) is 9.59 Å². The molecule has 3 aromatic rings. The predicted molar refractivity (Wildman–Crippen MR) is 122 cm³/mol. The Morgan fingerprint density at radius 3 is 2.38 bits per heavy atom. The number of amides is 2. The lowest BCUT2D eigenvalue weighted by molar-refractivity contribution is -0.304. The van der Waals surface area contributed by atoms with Gasteiger partial charge in [0.2, 0.25) is 5.91 Å². The average Bonchev–Trinajstić information content (AvgIpc) is 2.81. The molecule has 0 aliphatic heterocycles. The molecule has 2 amide bonds. The Morgan fingerprint density at radius 2 is 1.71 bits per heavy atom. The van der Waals surface area contributed by atoms with Gasteiger partial charge in [0, 0.05) is 22.9 Å². The fourth-order valence-corrected chi connectivity index (χ4v) is 3.49. The topological polar surface area (TPSA) is 138 Å². The van der Waals surface area contributed by atoms with Gasteiger partial charge in [-0.05, 0) is 44.0 Å². The van der Waals surface area contributed by atoms with E-state index in [-0.39, 0.29) is 0 Å². The van der Waals surface area contributed by atoms with Crippen LogP contribution in [0.1, 0.15) is 29.2 Å². The van der Waals surface area contributed by atoms with E-state index in [1.165, 1.54) is 6.92 Å². The van der Waals surface area contributed by atoms with Gasteiger partial charge in [0.25, 0.3) is 5.91 Å². The zero-order valence-corrected chi connectivity index (χ0v) is 19.1. The molecule has 9 heteroatoms. The highest BCUT2D eigenvalue weighted by Gasteiger charge is 2.20. The smallest absolute Gasteiger partial charge is 0.340 e. The molecule has 0 saturated carbocycles. The van der Waals surface area contributed by atoms with Gasteiger partial charge in [-0.1, -0.05) is 30.3 Å². The SMILES string of the molecule is Cc1c(Cc2ccccc2)c(=O)oc2c(C)c(O[C@H](C)C(=O)NCC(=O)NCC(=O)[O-])ccc12. The van der Waals surface area contributed by atoms with Crippen LogP contribution < -0.4 is 26.1 Å². The van der Waals surface area contributed by atoms with Crippen molar-refractivity contribution in [3.05, 3.63) is 75.1 Å². The number of hydrogen-bond acceptors (Lipinski definition) is 7. The molecule has 1 heterocycles. The molecule has 34 heavy (non-hydrogen) atoms. The number of carbonyl (C=O) groups excluding carboxylic acids is 3. The van der Waals surface area contributed by atoms with Crippen molar-refractivity contribution in [1.82, 2.24) is 10.6 Å². The fourth-order valence-electron chi connectivity index (χ4n) is 3.49. The van der Waals surface area contributed by atoms with Crippen LogP contribution in [0.25, 0.3) is 11.0 Å². The summed E-state index contributed by atoms with van der Waals surface area (Å²) < 4.78 is 11.4. The summed E-state index contributed by atoms with van der Waals surface area (Å²) >= 11 is 0. The second-order valence-corrected chi connectivity index (χ2v) is 7.85. The number of hydrogen-bond donors (Lipinski definition) is 2. The third-order valence-corrected chi connectivity index (χ3v) is 5.40. The highest BCUT2D eigenvalue weighted by Crippen LogP contribution is 2.30. The molecule has 0 spiro atoms. The largest absolute Gasteiger partial charge is 0.548 e. The van der Waals surface area contributed by atoms with Crippen LogP contribution in [0, 0.1) is 13.8 Å².